The number of nitrogens with zero attached hydrogens (tertiary/aromatic N) is 1. The number of rotatable bonds is 3. The predicted molar refractivity (Wildman–Crippen MR) is 55.7 cm³/mol. The molecule has 4 nitrogen and oxygen atoms in total. The van der Waals surface area contributed by atoms with Gasteiger partial charge in [-0.2, -0.15) is 0 Å². The molecule has 14 heavy (non-hydrogen) atoms. The number of carboxylic acid groups (broad SMARTS) is 1. The topological polar surface area (TPSA) is 52.6 Å². The van der Waals surface area contributed by atoms with Crippen molar-refractivity contribution >= 4 is 23.3 Å². The molecule has 0 aromatic heterocycles. The lowest BCUT2D eigenvalue weighted by Gasteiger charge is -2.13. The average molecular weight is 215 g/mol. The highest BCUT2D eigenvalue weighted by molar-refractivity contribution is 6.33. The van der Waals surface area contributed by atoms with Crippen LogP contribution in [0.2, 0.25) is 5.02 Å². The van der Waals surface area contributed by atoms with Gasteiger partial charge >= 0.3 is 5.97 Å². The van der Waals surface area contributed by atoms with Crippen molar-refractivity contribution in [3.63, 3.8) is 0 Å². The summed E-state index contributed by atoms with van der Waals surface area (Å²) in [6.07, 6.45) is 0. The van der Waals surface area contributed by atoms with E-state index in [1.165, 1.54) is 6.07 Å². The van der Waals surface area contributed by atoms with E-state index in [1.807, 2.05) is 14.1 Å². The van der Waals surface area contributed by atoms with Gasteiger partial charge in [0, 0.05) is 14.1 Å². The monoisotopic (exact) mass is 214 g/mol. The summed E-state index contributed by atoms with van der Waals surface area (Å²) in [6.45, 7) is 0. The van der Waals surface area contributed by atoms with Crippen molar-refractivity contribution in [2.75, 3.05) is 19.5 Å². The van der Waals surface area contributed by atoms with Gasteiger partial charge in [-0.15, -0.1) is 0 Å². The molecule has 0 radical (unpaired) electrons. The van der Waals surface area contributed by atoms with Crippen LogP contribution in [0.1, 0.15) is 10.4 Å². The first-order valence-corrected chi connectivity index (χ1v) is 4.35. The Balaban J connectivity index is 2.94. The zero-order valence-corrected chi connectivity index (χ0v) is 8.67. The third kappa shape index (κ3) is 2.61. The Morgan fingerprint density at radius 2 is 2.14 bits per heavy atom. The minimum absolute atomic E-state index is 0.107. The third-order valence-electron chi connectivity index (χ3n) is 1.55. The average Bonchev–Trinajstić information content (AvgIpc) is 2.01. The van der Waals surface area contributed by atoms with Crippen LogP contribution in [-0.2, 0) is 0 Å². The fourth-order valence-corrected chi connectivity index (χ4v) is 1.28. The van der Waals surface area contributed by atoms with Crippen molar-refractivity contribution in [1.29, 1.82) is 0 Å². The Kier molecular flexibility index (Phi) is 3.33. The highest BCUT2D eigenvalue weighted by Gasteiger charge is 2.08. The second-order valence-corrected chi connectivity index (χ2v) is 3.41. The fraction of sp³-hybridized carbons (Fsp3) is 0.222. The van der Waals surface area contributed by atoms with E-state index >= 15 is 0 Å². The first kappa shape index (κ1) is 10.8. The molecule has 0 amide bonds. The van der Waals surface area contributed by atoms with Crippen LogP contribution in [0.3, 0.4) is 0 Å². The number of hydrogen-bond donors (Lipinski definition) is 2. The standard InChI is InChI=1S/C9H11ClN2O2/c1-12(2)11-6-3-4-7(9(13)14)8(10)5-6/h3-5,11H,1-2H3,(H,13,14). The Morgan fingerprint density at radius 1 is 1.50 bits per heavy atom. The number of aromatic carboxylic acids is 1. The molecule has 0 unspecified atom stereocenters. The number of carbonyl (C=O) groups is 1. The van der Waals surface area contributed by atoms with E-state index in [0.717, 1.165) is 5.69 Å². The van der Waals surface area contributed by atoms with Crippen molar-refractivity contribution in [2.45, 2.75) is 0 Å². The van der Waals surface area contributed by atoms with Gasteiger partial charge in [0.2, 0.25) is 0 Å². The molecule has 0 saturated carbocycles. The summed E-state index contributed by atoms with van der Waals surface area (Å²) in [4.78, 5) is 10.6. The molecule has 0 spiro atoms. The van der Waals surface area contributed by atoms with Gasteiger partial charge in [-0.3, -0.25) is 0 Å². The van der Waals surface area contributed by atoms with Crippen LogP contribution in [0.25, 0.3) is 0 Å². The lowest BCUT2D eigenvalue weighted by Crippen LogP contribution is -2.19. The first-order valence-electron chi connectivity index (χ1n) is 3.97. The summed E-state index contributed by atoms with van der Waals surface area (Å²) < 4.78 is 0. The number of anilines is 1. The van der Waals surface area contributed by atoms with Gasteiger partial charge in [0.15, 0.2) is 0 Å². The molecule has 1 rings (SSSR count). The van der Waals surface area contributed by atoms with Crippen LogP contribution in [-0.4, -0.2) is 30.2 Å². The van der Waals surface area contributed by atoms with Crippen LogP contribution < -0.4 is 5.43 Å². The maximum atomic E-state index is 10.6. The molecule has 1 aromatic carbocycles. The van der Waals surface area contributed by atoms with E-state index in [9.17, 15) is 4.79 Å². The van der Waals surface area contributed by atoms with Crippen molar-refractivity contribution in [3.05, 3.63) is 28.8 Å². The van der Waals surface area contributed by atoms with Crippen LogP contribution in [0.15, 0.2) is 18.2 Å². The highest BCUT2D eigenvalue weighted by Crippen LogP contribution is 2.20. The second-order valence-electron chi connectivity index (χ2n) is 3.01. The van der Waals surface area contributed by atoms with Crippen molar-refractivity contribution in [2.24, 2.45) is 0 Å². The number of hydrazine groups is 1. The molecule has 0 aliphatic rings. The molecule has 0 atom stereocenters. The minimum Gasteiger partial charge on any atom is -0.478 e. The third-order valence-corrected chi connectivity index (χ3v) is 1.86. The highest BCUT2D eigenvalue weighted by atomic mass is 35.5. The van der Waals surface area contributed by atoms with E-state index in [2.05, 4.69) is 5.43 Å². The van der Waals surface area contributed by atoms with Gasteiger partial charge in [0.05, 0.1) is 16.3 Å². The zero-order chi connectivity index (χ0) is 10.7. The maximum Gasteiger partial charge on any atom is 0.337 e. The Hall–Kier alpha value is -1.26. The molecule has 0 aliphatic carbocycles. The van der Waals surface area contributed by atoms with E-state index in [0.29, 0.717) is 0 Å². The van der Waals surface area contributed by atoms with E-state index in [4.69, 9.17) is 16.7 Å². The number of carboxylic acids is 1. The molecule has 2 N–H and O–H groups in total. The van der Waals surface area contributed by atoms with Crippen molar-refractivity contribution in [3.8, 4) is 0 Å². The summed E-state index contributed by atoms with van der Waals surface area (Å²) in [5.74, 6) is -1.02. The van der Waals surface area contributed by atoms with Crippen molar-refractivity contribution < 1.29 is 9.90 Å². The van der Waals surface area contributed by atoms with E-state index < -0.39 is 5.97 Å². The summed E-state index contributed by atoms with van der Waals surface area (Å²) >= 11 is 5.77. The number of hydrogen-bond acceptors (Lipinski definition) is 3. The normalized spacial score (nSPS) is 10.3. The molecular formula is C9H11ClN2O2. The lowest BCUT2D eigenvalue weighted by atomic mass is 10.2. The Bertz CT molecular complexity index is 353. The maximum absolute atomic E-state index is 10.6. The molecule has 1 aromatic rings. The molecule has 76 valence electrons. The number of nitrogens with one attached hydrogen (secondary N) is 1. The van der Waals surface area contributed by atoms with Crippen LogP contribution in [0.5, 0.6) is 0 Å². The number of halogens is 1. The Morgan fingerprint density at radius 3 is 2.57 bits per heavy atom. The van der Waals surface area contributed by atoms with E-state index in [1.54, 1.807) is 17.1 Å². The quantitative estimate of drug-likeness (QED) is 0.755. The minimum atomic E-state index is -1.02. The van der Waals surface area contributed by atoms with Gasteiger partial charge in [0.25, 0.3) is 0 Å². The van der Waals surface area contributed by atoms with Gasteiger partial charge in [-0.05, 0) is 18.2 Å². The van der Waals surface area contributed by atoms with Crippen molar-refractivity contribution in [1.82, 2.24) is 5.01 Å². The molecule has 0 heterocycles. The summed E-state index contributed by atoms with van der Waals surface area (Å²) in [5, 5.41) is 10.7. The first-order chi connectivity index (χ1) is 6.50. The van der Waals surface area contributed by atoms with Crippen LogP contribution >= 0.6 is 11.6 Å². The van der Waals surface area contributed by atoms with Gasteiger partial charge in [-0.1, -0.05) is 11.6 Å². The zero-order valence-electron chi connectivity index (χ0n) is 7.91. The smallest absolute Gasteiger partial charge is 0.337 e. The van der Waals surface area contributed by atoms with Gasteiger partial charge in [-0.25, -0.2) is 9.80 Å². The summed E-state index contributed by atoms with van der Waals surface area (Å²) in [6, 6.07) is 4.71. The largest absolute Gasteiger partial charge is 0.478 e. The fourth-order valence-electron chi connectivity index (χ4n) is 1.02. The molecule has 0 fully saturated rings. The SMILES string of the molecule is CN(C)Nc1ccc(C(=O)O)c(Cl)c1. The molecule has 0 aliphatic heterocycles. The molecule has 0 bridgehead atoms. The predicted octanol–water partition coefficient (Wildman–Crippen LogP) is 1.93. The second kappa shape index (κ2) is 4.30. The lowest BCUT2D eigenvalue weighted by molar-refractivity contribution is 0.0697. The van der Waals surface area contributed by atoms with Crippen LogP contribution in [0, 0.1) is 0 Å². The van der Waals surface area contributed by atoms with Gasteiger partial charge in [0.1, 0.15) is 0 Å². The molecule has 5 heteroatoms. The summed E-state index contributed by atoms with van der Waals surface area (Å²) in [5.41, 5.74) is 3.83. The Labute approximate surface area is 87.1 Å². The molecular weight excluding hydrogens is 204 g/mol. The molecule has 0 saturated heterocycles. The number of benzene rings is 1. The van der Waals surface area contributed by atoms with E-state index in [-0.39, 0.29) is 10.6 Å². The summed E-state index contributed by atoms with van der Waals surface area (Å²) in [7, 11) is 3.66. The van der Waals surface area contributed by atoms with Crippen LogP contribution in [0.4, 0.5) is 5.69 Å². The van der Waals surface area contributed by atoms with Gasteiger partial charge < -0.3 is 10.5 Å².